The molecule has 2 aliphatic heterocycles. The molecule has 0 atom stereocenters. The summed E-state index contributed by atoms with van der Waals surface area (Å²) in [6.45, 7) is 0.397. The number of nitrogens with one attached hydrogen (secondary N) is 4. The van der Waals surface area contributed by atoms with Gasteiger partial charge in [0.1, 0.15) is 22.6 Å². The number of carboxylic acid groups (broad SMARTS) is 3. The molecule has 4 aromatic carbocycles. The monoisotopic (exact) mass is 811 g/mol. The van der Waals surface area contributed by atoms with Crippen molar-refractivity contribution in [1.29, 1.82) is 0 Å². The first kappa shape index (κ1) is 36.7. The number of amides is 1. The van der Waals surface area contributed by atoms with Crippen LogP contribution in [0.2, 0.25) is 0 Å². The Kier molecular flexibility index (Phi) is 8.60. The fraction of sp³-hybridized carbons (Fsp3) is 0.0930. The van der Waals surface area contributed by atoms with Gasteiger partial charge in [-0.15, -0.1) is 0 Å². The van der Waals surface area contributed by atoms with Crippen molar-refractivity contribution < 1.29 is 34.5 Å². The number of aromatic nitrogens is 10. The van der Waals surface area contributed by atoms with Crippen molar-refractivity contribution in [2.75, 3.05) is 6.54 Å². The Balaban J connectivity index is 1.24. The molecule has 0 spiro atoms. The lowest BCUT2D eigenvalue weighted by molar-refractivity contribution is 0.0686. The summed E-state index contributed by atoms with van der Waals surface area (Å²) in [4.78, 5) is 93.2. The Morgan fingerprint density at radius 3 is 1.74 bits per heavy atom. The molecule has 298 valence electrons. The molecule has 18 heteroatoms. The number of hydrogen-bond acceptors (Lipinski definition) is 11. The van der Waals surface area contributed by atoms with Crippen LogP contribution in [0.3, 0.4) is 0 Å². The number of imidazole rings is 1. The molecule has 0 aliphatic carbocycles. The highest BCUT2D eigenvalue weighted by Gasteiger charge is 2.27. The second-order valence-corrected chi connectivity index (χ2v) is 14.3. The third kappa shape index (κ3) is 6.43. The predicted octanol–water partition coefficient (Wildman–Crippen LogP) is 6.44. The first-order valence-corrected chi connectivity index (χ1v) is 18.9. The fourth-order valence-corrected chi connectivity index (χ4v) is 7.59. The molecule has 1 amide bonds. The van der Waals surface area contributed by atoms with E-state index in [2.05, 4.69) is 25.3 Å². The van der Waals surface area contributed by atoms with E-state index in [1.54, 1.807) is 42.7 Å². The van der Waals surface area contributed by atoms with E-state index >= 15 is 0 Å². The standard InChI is InChI=1S/C43H29N11O7/c55-40(45-13-2-1-4-22-17-44-18-46-22)27-6-3-5-26-31(27)39-53-34-25-12-9-21(43(60)61)16-30(25)38(51-34)52-37-29-15-20(42(58)59)8-11-24(29)33(50-37)49-36-28-14-19(41(56)57)7-10-23(28)32(48-36)47-35(26)54-39/h3,5-12,14-18H,1-2,4,13H2,(H,44,46)(H,45,55)(H,56,57)(H,58,59)(H,60,61)(H2,47,48,49,50,51,52,53,54). The van der Waals surface area contributed by atoms with Crippen LogP contribution in [0, 0.1) is 0 Å². The molecular weight excluding hydrogens is 783 g/mol. The summed E-state index contributed by atoms with van der Waals surface area (Å²) >= 11 is 0. The first-order chi connectivity index (χ1) is 29.6. The molecule has 0 radical (unpaired) electrons. The van der Waals surface area contributed by atoms with Crippen molar-refractivity contribution in [2.45, 2.75) is 19.3 Å². The van der Waals surface area contributed by atoms with Gasteiger partial charge in [0, 0.05) is 56.5 Å². The molecule has 0 saturated heterocycles. The van der Waals surface area contributed by atoms with Gasteiger partial charge in [0.25, 0.3) is 5.91 Å². The van der Waals surface area contributed by atoms with Gasteiger partial charge in [0.15, 0.2) is 23.3 Å². The summed E-state index contributed by atoms with van der Waals surface area (Å²) in [5, 5.41) is 34.5. The van der Waals surface area contributed by atoms with Crippen molar-refractivity contribution >= 4 is 67.9 Å². The van der Waals surface area contributed by atoms with E-state index in [-0.39, 0.29) is 74.0 Å². The molecule has 61 heavy (non-hydrogen) atoms. The van der Waals surface area contributed by atoms with Gasteiger partial charge in [-0.05, 0) is 79.9 Å². The van der Waals surface area contributed by atoms with E-state index < -0.39 is 17.9 Å². The number of carboxylic acids is 3. The molecule has 6 heterocycles. The van der Waals surface area contributed by atoms with E-state index in [1.165, 1.54) is 36.4 Å². The van der Waals surface area contributed by atoms with Crippen LogP contribution in [0.1, 0.15) is 60.0 Å². The van der Waals surface area contributed by atoms with Crippen LogP contribution in [0.5, 0.6) is 0 Å². The van der Waals surface area contributed by atoms with Crippen molar-refractivity contribution in [3.05, 3.63) is 113 Å². The molecule has 8 aromatic rings. The highest BCUT2D eigenvalue weighted by atomic mass is 16.4. The highest BCUT2D eigenvalue weighted by molar-refractivity contribution is 6.10. The minimum atomic E-state index is -1.18. The van der Waals surface area contributed by atoms with E-state index in [0.29, 0.717) is 56.8 Å². The lowest BCUT2D eigenvalue weighted by atomic mass is 10.0. The number of nitrogens with zero attached hydrogens (tertiary/aromatic N) is 7. The quantitative estimate of drug-likeness (QED) is 0.0773. The maximum atomic E-state index is 14.0. The summed E-state index contributed by atoms with van der Waals surface area (Å²) < 4.78 is 0. The highest BCUT2D eigenvalue weighted by Crippen LogP contribution is 2.39. The maximum Gasteiger partial charge on any atom is 0.335 e. The zero-order valence-corrected chi connectivity index (χ0v) is 31.5. The van der Waals surface area contributed by atoms with E-state index in [0.717, 1.165) is 18.5 Å². The number of benzene rings is 4. The summed E-state index contributed by atoms with van der Waals surface area (Å²) in [5.74, 6) is -3.36. The average Bonchev–Trinajstić information content (AvgIpc) is 4.09. The second kappa shape index (κ2) is 14.3. The van der Waals surface area contributed by atoms with E-state index in [4.69, 9.17) is 29.9 Å². The number of aryl methyl sites for hydroxylation is 1. The zero-order chi connectivity index (χ0) is 41.9. The topological polar surface area (TPSA) is 279 Å². The molecule has 2 aliphatic rings. The van der Waals surface area contributed by atoms with Gasteiger partial charge >= 0.3 is 17.9 Å². The molecule has 7 N–H and O–H groups in total. The minimum Gasteiger partial charge on any atom is -0.478 e. The Morgan fingerprint density at radius 2 is 1.11 bits per heavy atom. The Morgan fingerprint density at radius 1 is 0.557 bits per heavy atom. The molecule has 10 rings (SSSR count). The van der Waals surface area contributed by atoms with Gasteiger partial charge < -0.3 is 35.6 Å². The number of carbonyl (C=O) groups is 4. The van der Waals surface area contributed by atoms with Crippen molar-refractivity contribution in [3.8, 4) is 45.6 Å². The number of aromatic amines is 3. The summed E-state index contributed by atoms with van der Waals surface area (Å²) in [7, 11) is 0. The van der Waals surface area contributed by atoms with Gasteiger partial charge in [-0.3, -0.25) is 4.79 Å². The van der Waals surface area contributed by atoms with E-state index in [1.807, 2.05) is 6.20 Å². The van der Waals surface area contributed by atoms with Gasteiger partial charge in [0.05, 0.1) is 34.3 Å². The summed E-state index contributed by atoms with van der Waals surface area (Å²) in [5.41, 5.74) is 3.67. The van der Waals surface area contributed by atoms with Gasteiger partial charge in [-0.1, -0.05) is 12.1 Å². The second-order valence-electron chi connectivity index (χ2n) is 14.3. The summed E-state index contributed by atoms with van der Waals surface area (Å²) in [6.07, 6.45) is 5.72. The third-order valence-electron chi connectivity index (χ3n) is 10.5. The van der Waals surface area contributed by atoms with Crippen molar-refractivity contribution in [1.82, 2.24) is 55.2 Å². The summed E-state index contributed by atoms with van der Waals surface area (Å²) in [6, 6.07) is 18.5. The Bertz CT molecular complexity index is 3370. The molecule has 8 bridgehead atoms. The smallest absolute Gasteiger partial charge is 0.335 e. The van der Waals surface area contributed by atoms with Crippen LogP contribution in [0.15, 0.2) is 85.3 Å². The average molecular weight is 812 g/mol. The van der Waals surface area contributed by atoms with Gasteiger partial charge in [0.2, 0.25) is 0 Å². The van der Waals surface area contributed by atoms with E-state index in [9.17, 15) is 34.5 Å². The maximum absolute atomic E-state index is 14.0. The molecule has 18 nitrogen and oxygen atoms in total. The largest absolute Gasteiger partial charge is 0.478 e. The number of fused-ring (bicyclic) bond motifs is 20. The lowest BCUT2D eigenvalue weighted by Gasteiger charge is -2.09. The number of rotatable bonds is 9. The fourth-order valence-electron chi connectivity index (χ4n) is 7.59. The number of unbranched alkanes of at least 4 members (excludes halogenated alkanes) is 1. The molecule has 0 saturated carbocycles. The van der Waals surface area contributed by atoms with Crippen LogP contribution in [-0.2, 0) is 6.42 Å². The SMILES string of the molecule is O=C(O)c1ccc2c(c1)-c1nc-2nc2[nH]c(nc3nc(nc4[nH]c(n1)c1cc(C(=O)O)ccc41)-c1c(C(=O)NCCCCc4c[nH]cn4)cccc1-3)c1ccc(C(=O)O)cc21. The normalized spacial score (nSPS) is 11.7. The van der Waals surface area contributed by atoms with Gasteiger partial charge in [-0.2, -0.15) is 0 Å². The number of carbonyl (C=O) groups excluding carboxylic acids is 1. The zero-order valence-electron chi connectivity index (χ0n) is 31.5. The Labute approximate surface area is 341 Å². The third-order valence-corrected chi connectivity index (χ3v) is 10.5. The van der Waals surface area contributed by atoms with Crippen LogP contribution < -0.4 is 5.32 Å². The van der Waals surface area contributed by atoms with Crippen LogP contribution in [-0.4, -0.2) is 95.5 Å². The van der Waals surface area contributed by atoms with Crippen molar-refractivity contribution in [3.63, 3.8) is 0 Å². The van der Waals surface area contributed by atoms with Gasteiger partial charge in [-0.25, -0.2) is 49.3 Å². The number of aromatic carboxylic acids is 3. The Hall–Kier alpha value is -8.67. The predicted molar refractivity (Wildman–Crippen MR) is 221 cm³/mol. The molecule has 0 unspecified atom stereocenters. The van der Waals surface area contributed by atoms with Crippen molar-refractivity contribution in [2.24, 2.45) is 0 Å². The lowest BCUT2D eigenvalue weighted by Crippen LogP contribution is -2.25. The van der Waals surface area contributed by atoms with Crippen LogP contribution >= 0.6 is 0 Å². The molecule has 0 fully saturated rings. The van der Waals surface area contributed by atoms with Crippen LogP contribution in [0.25, 0.3) is 89.7 Å². The first-order valence-electron chi connectivity index (χ1n) is 18.9. The van der Waals surface area contributed by atoms with Crippen LogP contribution in [0.4, 0.5) is 0 Å². The number of hydrogen-bond donors (Lipinski definition) is 7. The number of H-pyrrole nitrogens is 3. The molecular formula is C43H29N11O7. The minimum absolute atomic E-state index is 0.00723. The molecule has 4 aromatic heterocycles.